The number of aromatic nitrogens is 1. The standard InChI is InChI=1S/C13H12BrF2N3/c14-9-4-8(5-10(15)7-9)6-12(19-17)13-11(16)2-1-3-18-13/h1-5,7,12,19H,6,17H2. The van der Waals surface area contributed by atoms with Gasteiger partial charge in [0.1, 0.15) is 11.6 Å². The fraction of sp³-hybridized carbons (Fsp3) is 0.154. The van der Waals surface area contributed by atoms with Crippen LogP contribution in [0.1, 0.15) is 17.3 Å². The van der Waals surface area contributed by atoms with E-state index < -0.39 is 11.9 Å². The third-order valence-electron chi connectivity index (χ3n) is 2.68. The molecule has 2 rings (SSSR count). The quantitative estimate of drug-likeness (QED) is 0.670. The Morgan fingerprint density at radius 2 is 2.11 bits per heavy atom. The third-order valence-corrected chi connectivity index (χ3v) is 3.14. The number of nitrogens with one attached hydrogen (secondary N) is 1. The van der Waals surface area contributed by atoms with Gasteiger partial charge in [-0.25, -0.2) is 8.78 Å². The minimum Gasteiger partial charge on any atom is -0.271 e. The minimum absolute atomic E-state index is 0.213. The van der Waals surface area contributed by atoms with E-state index >= 15 is 0 Å². The smallest absolute Gasteiger partial charge is 0.146 e. The van der Waals surface area contributed by atoms with Crippen molar-refractivity contribution in [3.8, 4) is 0 Å². The van der Waals surface area contributed by atoms with Crippen LogP contribution >= 0.6 is 15.9 Å². The maximum Gasteiger partial charge on any atom is 0.146 e. The first kappa shape index (κ1) is 14.0. The van der Waals surface area contributed by atoms with Gasteiger partial charge in [-0.15, -0.1) is 0 Å². The molecule has 0 amide bonds. The van der Waals surface area contributed by atoms with Crippen LogP contribution < -0.4 is 11.3 Å². The molecule has 0 spiro atoms. The van der Waals surface area contributed by atoms with Gasteiger partial charge in [0.25, 0.3) is 0 Å². The molecule has 0 aliphatic rings. The van der Waals surface area contributed by atoms with E-state index in [0.29, 0.717) is 16.5 Å². The molecule has 1 aromatic carbocycles. The Labute approximate surface area is 117 Å². The first-order valence-electron chi connectivity index (χ1n) is 5.61. The first-order chi connectivity index (χ1) is 9.10. The van der Waals surface area contributed by atoms with E-state index in [-0.39, 0.29) is 11.5 Å². The van der Waals surface area contributed by atoms with Gasteiger partial charge >= 0.3 is 0 Å². The number of halogens is 3. The van der Waals surface area contributed by atoms with Crippen LogP contribution in [-0.2, 0) is 6.42 Å². The number of hydrogen-bond acceptors (Lipinski definition) is 3. The lowest BCUT2D eigenvalue weighted by atomic mass is 10.0. The van der Waals surface area contributed by atoms with Crippen molar-refractivity contribution in [1.82, 2.24) is 10.4 Å². The molecule has 1 aromatic heterocycles. The molecule has 0 aliphatic heterocycles. The van der Waals surface area contributed by atoms with Crippen molar-refractivity contribution >= 4 is 15.9 Å². The third kappa shape index (κ3) is 3.56. The topological polar surface area (TPSA) is 50.9 Å². The van der Waals surface area contributed by atoms with Gasteiger partial charge in [-0.3, -0.25) is 16.3 Å². The normalized spacial score (nSPS) is 12.4. The zero-order valence-electron chi connectivity index (χ0n) is 9.91. The summed E-state index contributed by atoms with van der Waals surface area (Å²) in [5, 5.41) is 0. The monoisotopic (exact) mass is 327 g/mol. The molecule has 2 aromatic rings. The van der Waals surface area contributed by atoms with Gasteiger partial charge in [0.05, 0.1) is 11.7 Å². The van der Waals surface area contributed by atoms with Crippen molar-refractivity contribution in [2.24, 2.45) is 5.84 Å². The highest BCUT2D eigenvalue weighted by molar-refractivity contribution is 9.10. The van der Waals surface area contributed by atoms with Crippen LogP contribution in [0.15, 0.2) is 41.0 Å². The minimum atomic E-state index is -0.519. The molecule has 0 aliphatic carbocycles. The lowest BCUT2D eigenvalue weighted by molar-refractivity contribution is 0.493. The van der Waals surface area contributed by atoms with E-state index in [1.807, 2.05) is 0 Å². The maximum absolute atomic E-state index is 13.6. The average Bonchev–Trinajstić information content (AvgIpc) is 2.36. The van der Waals surface area contributed by atoms with Gasteiger partial charge in [-0.05, 0) is 42.3 Å². The van der Waals surface area contributed by atoms with E-state index in [0.717, 1.165) is 0 Å². The largest absolute Gasteiger partial charge is 0.271 e. The molecule has 1 unspecified atom stereocenters. The second-order valence-corrected chi connectivity index (χ2v) is 4.99. The molecular formula is C13H12BrF2N3. The summed E-state index contributed by atoms with van der Waals surface area (Å²) in [5.41, 5.74) is 3.41. The zero-order valence-corrected chi connectivity index (χ0v) is 11.5. The number of hydrogen-bond donors (Lipinski definition) is 2. The summed E-state index contributed by atoms with van der Waals surface area (Å²) in [7, 11) is 0. The number of nitrogens with two attached hydrogens (primary N) is 1. The maximum atomic E-state index is 13.6. The average molecular weight is 328 g/mol. The summed E-state index contributed by atoms with van der Waals surface area (Å²) in [6.45, 7) is 0. The van der Waals surface area contributed by atoms with Crippen molar-refractivity contribution in [1.29, 1.82) is 0 Å². The number of rotatable bonds is 4. The zero-order chi connectivity index (χ0) is 13.8. The fourth-order valence-electron chi connectivity index (χ4n) is 1.85. The molecule has 0 bridgehead atoms. The Morgan fingerprint density at radius 3 is 2.74 bits per heavy atom. The highest BCUT2D eigenvalue weighted by Crippen LogP contribution is 2.21. The van der Waals surface area contributed by atoms with Crippen LogP contribution in [0, 0.1) is 11.6 Å². The molecule has 1 atom stereocenters. The van der Waals surface area contributed by atoms with Gasteiger partial charge in [0.15, 0.2) is 0 Å². The molecule has 0 saturated heterocycles. The number of pyridine rings is 1. The number of benzene rings is 1. The molecule has 3 N–H and O–H groups in total. The van der Waals surface area contributed by atoms with Crippen LogP contribution in [-0.4, -0.2) is 4.98 Å². The highest BCUT2D eigenvalue weighted by atomic mass is 79.9. The van der Waals surface area contributed by atoms with Crippen molar-refractivity contribution < 1.29 is 8.78 Å². The van der Waals surface area contributed by atoms with Gasteiger partial charge in [0, 0.05) is 10.7 Å². The fourth-order valence-corrected chi connectivity index (χ4v) is 2.37. The number of hydrazine groups is 1. The molecular weight excluding hydrogens is 316 g/mol. The van der Waals surface area contributed by atoms with Crippen LogP contribution in [0.5, 0.6) is 0 Å². The Balaban J connectivity index is 2.26. The van der Waals surface area contributed by atoms with Crippen molar-refractivity contribution in [3.63, 3.8) is 0 Å². The van der Waals surface area contributed by atoms with E-state index in [4.69, 9.17) is 5.84 Å². The first-order valence-corrected chi connectivity index (χ1v) is 6.41. The Morgan fingerprint density at radius 1 is 1.32 bits per heavy atom. The Bertz CT molecular complexity index is 557. The molecule has 0 fully saturated rings. The highest BCUT2D eigenvalue weighted by Gasteiger charge is 2.16. The van der Waals surface area contributed by atoms with Gasteiger partial charge < -0.3 is 0 Å². The van der Waals surface area contributed by atoms with Gasteiger partial charge in [-0.1, -0.05) is 15.9 Å². The second kappa shape index (κ2) is 6.18. The molecule has 0 radical (unpaired) electrons. The Hall–Kier alpha value is -1.37. The van der Waals surface area contributed by atoms with Crippen molar-refractivity contribution in [2.45, 2.75) is 12.5 Å². The molecule has 0 saturated carbocycles. The summed E-state index contributed by atoms with van der Waals surface area (Å²) in [5.74, 6) is 4.63. The van der Waals surface area contributed by atoms with Crippen LogP contribution in [0.4, 0.5) is 8.78 Å². The predicted molar refractivity (Wildman–Crippen MR) is 72.1 cm³/mol. The van der Waals surface area contributed by atoms with E-state index in [9.17, 15) is 8.78 Å². The van der Waals surface area contributed by atoms with Crippen LogP contribution in [0.2, 0.25) is 0 Å². The molecule has 3 nitrogen and oxygen atoms in total. The lowest BCUT2D eigenvalue weighted by Gasteiger charge is -2.16. The summed E-state index contributed by atoms with van der Waals surface area (Å²) < 4.78 is 27.6. The van der Waals surface area contributed by atoms with Crippen LogP contribution in [0.25, 0.3) is 0 Å². The molecule has 100 valence electrons. The van der Waals surface area contributed by atoms with E-state index in [1.165, 1.54) is 30.5 Å². The summed E-state index contributed by atoms with van der Waals surface area (Å²) in [4.78, 5) is 3.97. The molecule has 19 heavy (non-hydrogen) atoms. The molecule has 1 heterocycles. The SMILES string of the molecule is NNC(Cc1cc(F)cc(Br)c1)c1ncccc1F. The van der Waals surface area contributed by atoms with Crippen molar-refractivity contribution in [2.75, 3.05) is 0 Å². The Kier molecular flexibility index (Phi) is 4.57. The van der Waals surface area contributed by atoms with Crippen LogP contribution in [0.3, 0.4) is 0 Å². The van der Waals surface area contributed by atoms with Gasteiger partial charge in [-0.2, -0.15) is 0 Å². The molecule has 6 heteroatoms. The second-order valence-electron chi connectivity index (χ2n) is 4.07. The number of nitrogens with zero attached hydrogens (tertiary/aromatic N) is 1. The van der Waals surface area contributed by atoms with E-state index in [2.05, 4.69) is 26.3 Å². The van der Waals surface area contributed by atoms with Crippen molar-refractivity contribution in [3.05, 3.63) is 63.9 Å². The summed E-state index contributed by atoms with van der Waals surface area (Å²) in [6.07, 6.45) is 1.82. The summed E-state index contributed by atoms with van der Waals surface area (Å²) >= 11 is 3.21. The lowest BCUT2D eigenvalue weighted by Crippen LogP contribution is -2.31. The predicted octanol–water partition coefficient (Wildman–Crippen LogP) is 2.87. The van der Waals surface area contributed by atoms with E-state index in [1.54, 1.807) is 6.07 Å². The van der Waals surface area contributed by atoms with Gasteiger partial charge in [0.2, 0.25) is 0 Å². The summed E-state index contributed by atoms with van der Waals surface area (Å²) in [6, 6.07) is 6.80.